The van der Waals surface area contributed by atoms with Crippen molar-refractivity contribution >= 4 is 5.91 Å². The standard InChI is InChI=1S/C18H23N5O/c1-14-19-17-13-22(9-10-23(17)20-14)18(24)16-6-4-5-15(11-16)12-21-7-2-3-8-21/h4-6,11H,2-3,7-10,12-13H2,1H3. The molecular formula is C18H23N5O. The number of carbonyl (C=O) groups excluding carboxylic acids is 1. The highest BCUT2D eigenvalue weighted by Gasteiger charge is 2.24. The summed E-state index contributed by atoms with van der Waals surface area (Å²) in [5.41, 5.74) is 2.00. The molecule has 1 aromatic heterocycles. The second kappa shape index (κ2) is 6.36. The summed E-state index contributed by atoms with van der Waals surface area (Å²) in [6.45, 7) is 7.10. The van der Waals surface area contributed by atoms with E-state index in [0.29, 0.717) is 13.1 Å². The molecule has 0 aliphatic carbocycles. The molecule has 1 amide bonds. The van der Waals surface area contributed by atoms with E-state index in [0.717, 1.165) is 30.3 Å². The van der Waals surface area contributed by atoms with Gasteiger partial charge in [0.2, 0.25) is 0 Å². The first kappa shape index (κ1) is 15.3. The van der Waals surface area contributed by atoms with Gasteiger partial charge in [0.15, 0.2) is 0 Å². The van der Waals surface area contributed by atoms with Gasteiger partial charge in [0.05, 0.1) is 13.1 Å². The monoisotopic (exact) mass is 325 g/mol. The maximum absolute atomic E-state index is 12.9. The van der Waals surface area contributed by atoms with Crippen molar-refractivity contribution < 1.29 is 4.79 Å². The van der Waals surface area contributed by atoms with E-state index in [1.807, 2.05) is 34.7 Å². The molecule has 2 aliphatic rings. The van der Waals surface area contributed by atoms with Crippen molar-refractivity contribution in [2.75, 3.05) is 19.6 Å². The Kier molecular flexibility index (Phi) is 4.06. The summed E-state index contributed by atoms with van der Waals surface area (Å²) in [7, 11) is 0. The molecule has 0 unspecified atom stereocenters. The van der Waals surface area contributed by atoms with Crippen LogP contribution in [0.1, 0.15) is 40.4 Å². The first-order valence-corrected chi connectivity index (χ1v) is 8.70. The Balaban J connectivity index is 1.48. The fraction of sp³-hybridized carbons (Fsp3) is 0.500. The molecule has 1 saturated heterocycles. The molecule has 0 spiro atoms. The van der Waals surface area contributed by atoms with E-state index in [1.165, 1.54) is 31.5 Å². The molecular weight excluding hydrogens is 302 g/mol. The van der Waals surface area contributed by atoms with E-state index in [9.17, 15) is 4.79 Å². The van der Waals surface area contributed by atoms with Crippen LogP contribution in [0.3, 0.4) is 0 Å². The summed E-state index contributed by atoms with van der Waals surface area (Å²) in [4.78, 5) is 21.6. The van der Waals surface area contributed by atoms with Crippen molar-refractivity contribution in [2.24, 2.45) is 0 Å². The second-order valence-electron chi connectivity index (χ2n) is 6.71. The van der Waals surface area contributed by atoms with Gasteiger partial charge < -0.3 is 4.90 Å². The number of hydrogen-bond acceptors (Lipinski definition) is 4. The molecule has 3 heterocycles. The molecule has 4 rings (SSSR count). The van der Waals surface area contributed by atoms with Crippen LogP contribution < -0.4 is 0 Å². The molecule has 6 heteroatoms. The maximum Gasteiger partial charge on any atom is 0.254 e. The van der Waals surface area contributed by atoms with Crippen LogP contribution in [0.2, 0.25) is 0 Å². The van der Waals surface area contributed by atoms with Crippen LogP contribution in [0.5, 0.6) is 0 Å². The SMILES string of the molecule is Cc1nc2n(n1)CCN(C(=O)c1cccc(CN3CCCC3)c1)C2. The number of aromatic nitrogens is 3. The van der Waals surface area contributed by atoms with Gasteiger partial charge in [-0.05, 0) is 50.6 Å². The van der Waals surface area contributed by atoms with Gasteiger partial charge in [-0.3, -0.25) is 9.69 Å². The summed E-state index contributed by atoms with van der Waals surface area (Å²) in [6.07, 6.45) is 2.57. The van der Waals surface area contributed by atoms with Gasteiger partial charge in [0.25, 0.3) is 5.91 Å². The minimum atomic E-state index is 0.0881. The molecule has 2 aliphatic heterocycles. The molecule has 0 bridgehead atoms. The summed E-state index contributed by atoms with van der Waals surface area (Å²) in [6, 6.07) is 8.08. The molecule has 1 fully saturated rings. The number of nitrogens with zero attached hydrogens (tertiary/aromatic N) is 5. The predicted octanol–water partition coefficient (Wildman–Crippen LogP) is 1.84. The molecule has 0 N–H and O–H groups in total. The highest BCUT2D eigenvalue weighted by atomic mass is 16.2. The van der Waals surface area contributed by atoms with E-state index in [-0.39, 0.29) is 5.91 Å². The third-order valence-corrected chi connectivity index (χ3v) is 4.83. The number of aryl methyl sites for hydroxylation is 1. The zero-order valence-corrected chi connectivity index (χ0v) is 14.1. The molecule has 24 heavy (non-hydrogen) atoms. The summed E-state index contributed by atoms with van der Waals surface area (Å²) in [5.74, 6) is 1.73. The number of carbonyl (C=O) groups is 1. The first-order chi connectivity index (χ1) is 11.7. The van der Waals surface area contributed by atoms with E-state index < -0.39 is 0 Å². The van der Waals surface area contributed by atoms with E-state index in [2.05, 4.69) is 21.0 Å². The largest absolute Gasteiger partial charge is 0.329 e. The second-order valence-corrected chi connectivity index (χ2v) is 6.71. The summed E-state index contributed by atoms with van der Waals surface area (Å²) >= 11 is 0. The van der Waals surface area contributed by atoms with Crippen LogP contribution in [-0.2, 0) is 19.6 Å². The highest BCUT2D eigenvalue weighted by molar-refractivity contribution is 5.94. The van der Waals surface area contributed by atoms with Crippen molar-refractivity contribution in [2.45, 2.75) is 39.4 Å². The molecule has 0 saturated carbocycles. The van der Waals surface area contributed by atoms with Crippen molar-refractivity contribution in [1.82, 2.24) is 24.6 Å². The lowest BCUT2D eigenvalue weighted by atomic mass is 10.1. The lowest BCUT2D eigenvalue weighted by Gasteiger charge is -2.27. The Bertz CT molecular complexity index is 748. The number of rotatable bonds is 3. The van der Waals surface area contributed by atoms with Crippen LogP contribution in [0.4, 0.5) is 0 Å². The number of amides is 1. The number of benzene rings is 1. The Morgan fingerprint density at radius 1 is 1.17 bits per heavy atom. The molecule has 2 aromatic rings. The third kappa shape index (κ3) is 3.06. The van der Waals surface area contributed by atoms with Crippen LogP contribution >= 0.6 is 0 Å². The lowest BCUT2D eigenvalue weighted by molar-refractivity contribution is 0.0702. The van der Waals surface area contributed by atoms with Crippen LogP contribution in [0.15, 0.2) is 24.3 Å². The van der Waals surface area contributed by atoms with Crippen molar-refractivity contribution in [1.29, 1.82) is 0 Å². The average molecular weight is 325 g/mol. The first-order valence-electron chi connectivity index (χ1n) is 8.70. The van der Waals surface area contributed by atoms with Gasteiger partial charge in [-0.2, -0.15) is 5.10 Å². The molecule has 0 atom stereocenters. The fourth-order valence-electron chi connectivity index (χ4n) is 3.62. The Labute approximate surface area is 142 Å². The molecule has 1 aromatic carbocycles. The molecule has 126 valence electrons. The van der Waals surface area contributed by atoms with Gasteiger partial charge >= 0.3 is 0 Å². The van der Waals surface area contributed by atoms with Gasteiger partial charge in [0, 0.05) is 18.7 Å². The van der Waals surface area contributed by atoms with Gasteiger partial charge in [0.1, 0.15) is 11.6 Å². The Hall–Kier alpha value is -2.21. The zero-order chi connectivity index (χ0) is 16.5. The topological polar surface area (TPSA) is 54.3 Å². The van der Waals surface area contributed by atoms with Crippen LogP contribution in [-0.4, -0.2) is 50.1 Å². The van der Waals surface area contributed by atoms with Crippen molar-refractivity contribution in [3.63, 3.8) is 0 Å². The van der Waals surface area contributed by atoms with E-state index >= 15 is 0 Å². The molecule has 0 radical (unpaired) electrons. The number of likely N-dealkylation sites (tertiary alicyclic amines) is 1. The lowest BCUT2D eigenvalue weighted by Crippen LogP contribution is -2.38. The van der Waals surface area contributed by atoms with Crippen molar-refractivity contribution in [3.05, 3.63) is 47.0 Å². The highest BCUT2D eigenvalue weighted by Crippen LogP contribution is 2.17. The predicted molar refractivity (Wildman–Crippen MR) is 90.5 cm³/mol. The number of hydrogen-bond donors (Lipinski definition) is 0. The normalized spacial score (nSPS) is 18.0. The Morgan fingerprint density at radius 3 is 2.83 bits per heavy atom. The van der Waals surface area contributed by atoms with E-state index in [1.54, 1.807) is 0 Å². The summed E-state index contributed by atoms with van der Waals surface area (Å²) in [5, 5.41) is 4.35. The Morgan fingerprint density at radius 2 is 2.00 bits per heavy atom. The van der Waals surface area contributed by atoms with Crippen molar-refractivity contribution in [3.8, 4) is 0 Å². The smallest absolute Gasteiger partial charge is 0.254 e. The quantitative estimate of drug-likeness (QED) is 0.864. The van der Waals surface area contributed by atoms with E-state index in [4.69, 9.17) is 0 Å². The molecule has 6 nitrogen and oxygen atoms in total. The van der Waals surface area contributed by atoms with Gasteiger partial charge in [-0.25, -0.2) is 9.67 Å². The van der Waals surface area contributed by atoms with Gasteiger partial charge in [-0.15, -0.1) is 0 Å². The van der Waals surface area contributed by atoms with Gasteiger partial charge in [-0.1, -0.05) is 12.1 Å². The van der Waals surface area contributed by atoms with Crippen LogP contribution in [0.25, 0.3) is 0 Å². The fourth-order valence-corrected chi connectivity index (χ4v) is 3.62. The minimum absolute atomic E-state index is 0.0881. The van der Waals surface area contributed by atoms with Crippen LogP contribution in [0, 0.1) is 6.92 Å². The summed E-state index contributed by atoms with van der Waals surface area (Å²) < 4.78 is 1.91. The third-order valence-electron chi connectivity index (χ3n) is 4.83. The average Bonchev–Trinajstić information content (AvgIpc) is 3.22. The number of fused-ring (bicyclic) bond motifs is 1. The zero-order valence-electron chi connectivity index (χ0n) is 14.1. The maximum atomic E-state index is 12.9. The minimum Gasteiger partial charge on any atom is -0.329 e.